The Kier molecular flexibility index (Phi) is 19.7. The minimum atomic E-state index is -1.00. The van der Waals surface area contributed by atoms with E-state index in [-0.39, 0.29) is 24.1 Å². The highest BCUT2D eigenvalue weighted by Gasteiger charge is 2.61. The van der Waals surface area contributed by atoms with Gasteiger partial charge in [-0.3, -0.25) is 14.5 Å². The normalized spacial score (nSPS) is 19.8. The van der Waals surface area contributed by atoms with Crippen molar-refractivity contribution >= 4 is 158 Å². The molecule has 0 unspecified atom stereocenters. The van der Waals surface area contributed by atoms with Crippen LogP contribution < -0.4 is 5.73 Å². The van der Waals surface area contributed by atoms with Crippen molar-refractivity contribution in [2.45, 2.75) is 104 Å². The highest BCUT2D eigenvalue weighted by Crippen LogP contribution is 2.55. The number of hydrogen-bond acceptors (Lipinski definition) is 13. The fourth-order valence-electron chi connectivity index (χ4n) is 12.1. The van der Waals surface area contributed by atoms with Crippen LogP contribution in [0.3, 0.4) is 0 Å². The van der Waals surface area contributed by atoms with E-state index in [1.165, 1.54) is 4.90 Å². The fraction of sp³-hybridized carbons (Fsp3) is 0.257. The fourth-order valence-corrected chi connectivity index (χ4v) is 13.2. The summed E-state index contributed by atoms with van der Waals surface area (Å²) in [5.41, 5.74) is 18.2. The van der Waals surface area contributed by atoms with Crippen molar-refractivity contribution in [3.63, 3.8) is 0 Å². The summed E-state index contributed by atoms with van der Waals surface area (Å²) in [6, 6.07) is 46.5. The zero-order chi connectivity index (χ0) is 64.6. The lowest BCUT2D eigenvalue weighted by molar-refractivity contribution is -0.118. The van der Waals surface area contributed by atoms with Gasteiger partial charge in [-0.15, -0.1) is 23.7 Å². The number of fused-ring (bicyclic) bond motifs is 7. The molecule has 0 atom stereocenters. The lowest BCUT2D eigenvalue weighted by atomic mass is 9.61. The van der Waals surface area contributed by atoms with Gasteiger partial charge in [0.25, 0.3) is 11.8 Å². The molecule has 16 nitrogen and oxygen atoms in total. The smallest absolute Gasteiger partial charge is 0.262 e. The lowest BCUT2D eigenvalue weighted by Gasteiger charge is -2.55. The quantitative estimate of drug-likeness (QED) is 0.0531. The van der Waals surface area contributed by atoms with Gasteiger partial charge in [0.2, 0.25) is 0 Å². The second-order valence-electron chi connectivity index (χ2n) is 23.4. The Balaban J connectivity index is 0.000000156. The Morgan fingerprint density at radius 3 is 1.33 bits per heavy atom. The van der Waals surface area contributed by atoms with Gasteiger partial charge >= 0.3 is 0 Å². The Hall–Kier alpha value is -6.19. The highest BCUT2D eigenvalue weighted by molar-refractivity contribution is 14.3. The molecule has 3 aliphatic rings. The number of aromatic nitrogens is 10. The van der Waals surface area contributed by atoms with Gasteiger partial charge in [0.15, 0.2) is 22.6 Å². The number of carbonyl (C=O) groups is 2. The van der Waals surface area contributed by atoms with Gasteiger partial charge in [-0.05, 0) is 77.6 Å². The van der Waals surface area contributed by atoms with Gasteiger partial charge in [0.05, 0.1) is 76.4 Å². The van der Waals surface area contributed by atoms with Crippen LogP contribution in [0.2, 0.25) is 0 Å². The maximum atomic E-state index is 13.5. The molecule has 14 rings (SSSR count). The lowest BCUT2D eigenvalue weighted by Crippen LogP contribution is -2.63. The number of nitrogens with zero attached hydrogens (tertiary/aromatic N) is 11. The number of halogens is 5. The molecule has 2 amide bonds. The summed E-state index contributed by atoms with van der Waals surface area (Å²) in [5, 5.41) is 30.2. The minimum absolute atomic E-state index is 0.249. The third-order valence-corrected chi connectivity index (χ3v) is 17.9. The van der Waals surface area contributed by atoms with Crippen LogP contribution in [0.15, 0.2) is 158 Å². The van der Waals surface area contributed by atoms with Crippen molar-refractivity contribution in [3.05, 3.63) is 192 Å². The molecule has 6 aromatic heterocycles. The van der Waals surface area contributed by atoms with E-state index in [1.807, 2.05) is 156 Å². The predicted molar refractivity (Wildman–Crippen MR) is 400 cm³/mol. The van der Waals surface area contributed by atoms with E-state index < -0.39 is 22.3 Å². The third-order valence-electron chi connectivity index (χ3n) is 15.9. The molecule has 2 fully saturated rings. The van der Waals surface area contributed by atoms with Gasteiger partial charge in [0, 0.05) is 65.6 Å². The van der Waals surface area contributed by atoms with Crippen molar-refractivity contribution in [1.29, 1.82) is 0 Å². The predicted octanol–water partition coefficient (Wildman–Crippen LogP) is 15.3. The molecule has 460 valence electrons. The summed E-state index contributed by atoms with van der Waals surface area (Å²) in [7, 11) is 0. The standard InChI is InChI=1S/C34H26N6O3.C26H24N6O.C5H5I3.C5H6I2/c1-20-16-27-35-17-26-30(40(27)38-20)37-29(28(36-26)21-8-4-3-5-9-21)22-12-14-23(15-13-22)34(18-33(2,43)19-34)39-31(41)24-10-6-7-11-25(24)32(39)42;1-16-12-21-28-13-20-24(32(21)31-16)30-23(22(29-20)17-6-4-3-5-7-17)18-8-10-19(11-9-18)26(27)14-25(2,33)15-26;1-2-3-4-5(6,7)8;1-2-3-4-5(6)7/h3-17,43H,18-19H2,1-2H3;3-13,33H,14-15,27H2,1-2H3;4H2,1H3;5H,4H2,1H3. The molecular formula is C70H61I5N12O4. The number of carbonyl (C=O) groups excluding carboxylic acids is 2. The summed E-state index contributed by atoms with van der Waals surface area (Å²) in [4.78, 5) is 57.5. The molecule has 5 aromatic carbocycles. The van der Waals surface area contributed by atoms with Crippen LogP contribution in [0.5, 0.6) is 0 Å². The number of aryl methyl sites for hydroxylation is 2. The first-order valence-corrected chi connectivity index (χ1v) is 34.9. The first-order valence-electron chi connectivity index (χ1n) is 29.1. The maximum absolute atomic E-state index is 13.5. The minimum Gasteiger partial charge on any atom is -0.390 e. The molecule has 11 aromatic rings. The first-order chi connectivity index (χ1) is 43.4. The zero-order valence-electron chi connectivity index (χ0n) is 50.4. The Morgan fingerprint density at radius 1 is 0.560 bits per heavy atom. The van der Waals surface area contributed by atoms with Crippen molar-refractivity contribution in [2.24, 2.45) is 5.73 Å². The van der Waals surface area contributed by atoms with Crippen LogP contribution in [0.1, 0.15) is 109 Å². The summed E-state index contributed by atoms with van der Waals surface area (Å²) >= 11 is 11.8. The van der Waals surface area contributed by atoms with E-state index in [0.29, 0.717) is 65.3 Å². The molecule has 4 N–H and O–H groups in total. The Morgan fingerprint density at radius 2 is 0.956 bits per heavy atom. The van der Waals surface area contributed by atoms with Gasteiger partial charge in [-0.2, -0.15) is 19.2 Å². The molecule has 2 aliphatic carbocycles. The average Bonchev–Trinajstić information content (AvgIpc) is 1.40. The second-order valence-corrected chi connectivity index (χ2v) is 40.5. The van der Waals surface area contributed by atoms with Crippen LogP contribution >= 0.6 is 113 Å². The molecule has 0 radical (unpaired) electrons. The summed E-state index contributed by atoms with van der Waals surface area (Å²) in [6.45, 7) is 11.2. The number of imide groups is 1. The van der Waals surface area contributed by atoms with E-state index in [4.69, 9.17) is 25.7 Å². The largest absolute Gasteiger partial charge is 0.390 e. The van der Waals surface area contributed by atoms with Crippen molar-refractivity contribution < 1.29 is 19.8 Å². The number of alkyl halides is 5. The third kappa shape index (κ3) is 14.3. The van der Waals surface area contributed by atoms with E-state index >= 15 is 0 Å². The molecule has 2 saturated carbocycles. The monoisotopic (exact) mass is 1770 g/mol. The molecule has 0 spiro atoms. The number of hydrogen-bond donors (Lipinski definition) is 3. The van der Waals surface area contributed by atoms with Crippen LogP contribution in [0.25, 0.3) is 78.7 Å². The molecule has 91 heavy (non-hydrogen) atoms. The molecular weight excluding hydrogens is 1710 g/mol. The SMILES string of the molecule is CC#CCC(I)(I)I.CC#CCC(I)I.Cc1cc2ncc3nc(-c4ccccc4)c(-c4ccc(C5(N)CC(C)(O)C5)cc4)nc3n2n1.Cc1cc2ncc3nc(-c4ccccc4)c(-c4ccc(C5(N6C(=O)c7ccccc7C6=O)CC(C)(O)C5)cc4)nc3n2n1. The second kappa shape index (κ2) is 27.0. The molecule has 1 aliphatic heterocycles. The number of aliphatic hydroxyl groups is 2. The number of nitrogens with two attached hydrogens (primary N) is 1. The Bertz CT molecular complexity index is 4650. The van der Waals surface area contributed by atoms with Gasteiger partial charge in [0.1, 0.15) is 10.5 Å². The van der Waals surface area contributed by atoms with Crippen molar-refractivity contribution in [1.82, 2.24) is 54.0 Å². The van der Waals surface area contributed by atoms with Gasteiger partial charge < -0.3 is 15.9 Å². The van der Waals surface area contributed by atoms with E-state index in [1.54, 1.807) is 52.6 Å². The Labute approximate surface area is 595 Å². The number of rotatable bonds is 9. The van der Waals surface area contributed by atoms with Crippen LogP contribution in [0, 0.1) is 37.5 Å². The summed E-state index contributed by atoms with van der Waals surface area (Å²) < 4.78 is 4.41. The van der Waals surface area contributed by atoms with Crippen LogP contribution in [-0.2, 0) is 11.1 Å². The molecule has 0 bridgehead atoms. The van der Waals surface area contributed by atoms with Crippen molar-refractivity contribution in [2.75, 3.05) is 0 Å². The van der Waals surface area contributed by atoms with Gasteiger partial charge in [-0.25, -0.2) is 29.9 Å². The van der Waals surface area contributed by atoms with Crippen LogP contribution in [0.4, 0.5) is 0 Å². The molecule has 0 saturated heterocycles. The molecule has 7 heterocycles. The first kappa shape index (κ1) is 66.3. The van der Waals surface area contributed by atoms with E-state index in [0.717, 1.165) is 74.6 Å². The van der Waals surface area contributed by atoms with E-state index in [9.17, 15) is 19.8 Å². The highest BCUT2D eigenvalue weighted by atomic mass is 127. The summed E-state index contributed by atoms with van der Waals surface area (Å²) in [5.74, 6) is 11.0. The zero-order valence-corrected chi connectivity index (χ0v) is 61.2. The van der Waals surface area contributed by atoms with Gasteiger partial charge in [-0.1, -0.05) is 234 Å². The number of benzene rings is 5. The molecule has 21 heteroatoms. The summed E-state index contributed by atoms with van der Waals surface area (Å²) in [6.07, 6.45) is 7.04. The average molecular weight is 1770 g/mol. The maximum Gasteiger partial charge on any atom is 0.262 e. The van der Waals surface area contributed by atoms with Crippen LogP contribution in [-0.4, -0.2) is 88.6 Å². The van der Waals surface area contributed by atoms with E-state index in [2.05, 4.69) is 157 Å². The van der Waals surface area contributed by atoms with Crippen molar-refractivity contribution in [3.8, 4) is 68.7 Å². The topological polar surface area (TPSA) is 216 Å². The number of amides is 2.